The molecule has 0 spiro atoms. The van der Waals surface area contributed by atoms with E-state index in [9.17, 15) is 4.79 Å². The second kappa shape index (κ2) is 5.64. The van der Waals surface area contributed by atoms with Crippen molar-refractivity contribution in [3.63, 3.8) is 0 Å². The van der Waals surface area contributed by atoms with Crippen molar-refractivity contribution in [1.29, 1.82) is 0 Å². The minimum Gasteiger partial charge on any atom is -0.495 e. The van der Waals surface area contributed by atoms with Crippen LogP contribution in [-0.2, 0) is 0 Å². The van der Waals surface area contributed by atoms with Crippen LogP contribution >= 0.6 is 15.9 Å². The van der Waals surface area contributed by atoms with Crippen LogP contribution in [0, 0.1) is 0 Å². The molecule has 0 aliphatic heterocycles. The number of hydrogen-bond donors (Lipinski definition) is 1. The highest BCUT2D eigenvalue weighted by Gasteiger charge is 2.13. The van der Waals surface area contributed by atoms with Gasteiger partial charge in [-0.1, -0.05) is 12.1 Å². The van der Waals surface area contributed by atoms with Gasteiger partial charge in [-0.05, 0) is 40.2 Å². The van der Waals surface area contributed by atoms with Crippen molar-refractivity contribution in [2.45, 2.75) is 0 Å². The van der Waals surface area contributed by atoms with Crippen LogP contribution in [0.4, 0.5) is 5.69 Å². The lowest BCUT2D eigenvalue weighted by atomic mass is 10.2. The van der Waals surface area contributed by atoms with E-state index >= 15 is 0 Å². The normalized spacial score (nSPS) is 9.89. The van der Waals surface area contributed by atoms with Gasteiger partial charge in [0.1, 0.15) is 11.4 Å². The molecule has 0 atom stereocenters. The minimum atomic E-state index is -0.285. The van der Waals surface area contributed by atoms with E-state index in [0.29, 0.717) is 21.6 Å². The third kappa shape index (κ3) is 2.68. The Balaban J connectivity index is 2.24. The number of nitrogens with one attached hydrogen (secondary N) is 1. The minimum absolute atomic E-state index is 0.285. The third-order valence-electron chi connectivity index (χ3n) is 2.33. The van der Waals surface area contributed by atoms with Crippen molar-refractivity contribution in [2.24, 2.45) is 0 Å². The van der Waals surface area contributed by atoms with Crippen LogP contribution in [0.2, 0.25) is 0 Å². The van der Waals surface area contributed by atoms with Crippen molar-refractivity contribution in [3.05, 3.63) is 52.8 Å². The summed E-state index contributed by atoms with van der Waals surface area (Å²) in [5.41, 5.74) is 0.950. The average molecular weight is 307 g/mol. The molecular formula is C13H11BrN2O2. The second-order valence-corrected chi connectivity index (χ2v) is 4.34. The van der Waals surface area contributed by atoms with E-state index < -0.39 is 0 Å². The Morgan fingerprint density at radius 1 is 1.28 bits per heavy atom. The van der Waals surface area contributed by atoms with Crippen LogP contribution in [0.5, 0.6) is 5.75 Å². The fraction of sp³-hybridized carbons (Fsp3) is 0.0769. The van der Waals surface area contributed by atoms with Crippen molar-refractivity contribution in [2.75, 3.05) is 12.4 Å². The fourth-order valence-corrected chi connectivity index (χ4v) is 1.92. The van der Waals surface area contributed by atoms with Gasteiger partial charge in [-0.15, -0.1) is 0 Å². The number of benzene rings is 1. The first-order valence-corrected chi connectivity index (χ1v) is 6.06. The molecular weight excluding hydrogens is 296 g/mol. The second-order valence-electron chi connectivity index (χ2n) is 3.49. The van der Waals surface area contributed by atoms with Crippen molar-refractivity contribution in [3.8, 4) is 5.75 Å². The number of anilines is 1. The highest BCUT2D eigenvalue weighted by Crippen LogP contribution is 2.24. The highest BCUT2D eigenvalue weighted by molar-refractivity contribution is 9.10. The van der Waals surface area contributed by atoms with Crippen LogP contribution < -0.4 is 10.1 Å². The third-order valence-corrected chi connectivity index (χ3v) is 2.97. The smallest absolute Gasteiger partial charge is 0.275 e. The van der Waals surface area contributed by atoms with E-state index in [1.165, 1.54) is 0 Å². The summed E-state index contributed by atoms with van der Waals surface area (Å²) in [6.45, 7) is 0. The quantitative estimate of drug-likeness (QED) is 0.948. The number of hydrogen-bond acceptors (Lipinski definition) is 3. The lowest BCUT2D eigenvalue weighted by molar-refractivity contribution is 0.102. The molecule has 0 saturated carbocycles. The fourth-order valence-electron chi connectivity index (χ4n) is 1.48. The molecule has 0 aliphatic carbocycles. The maximum absolute atomic E-state index is 12.0. The number of nitrogens with zero attached hydrogens (tertiary/aromatic N) is 1. The molecule has 0 fully saturated rings. The van der Waals surface area contributed by atoms with E-state index in [1.807, 2.05) is 12.1 Å². The predicted octanol–water partition coefficient (Wildman–Crippen LogP) is 3.11. The largest absolute Gasteiger partial charge is 0.495 e. The Bertz CT molecular complexity index is 572. The molecule has 2 aromatic rings. The zero-order valence-corrected chi connectivity index (χ0v) is 11.3. The van der Waals surface area contributed by atoms with Gasteiger partial charge in [-0.3, -0.25) is 4.79 Å². The summed E-state index contributed by atoms with van der Waals surface area (Å²) in [7, 11) is 1.56. The van der Waals surface area contributed by atoms with E-state index in [0.717, 1.165) is 0 Å². The van der Waals surface area contributed by atoms with Gasteiger partial charge in [0.15, 0.2) is 0 Å². The lowest BCUT2D eigenvalue weighted by Gasteiger charge is -2.09. The van der Waals surface area contributed by atoms with Gasteiger partial charge in [0.2, 0.25) is 0 Å². The van der Waals surface area contributed by atoms with Gasteiger partial charge in [0, 0.05) is 10.7 Å². The molecule has 0 aliphatic rings. The SMILES string of the molecule is COc1ccccc1NC(=O)c1ncccc1Br. The zero-order chi connectivity index (χ0) is 13.0. The van der Waals surface area contributed by atoms with Gasteiger partial charge >= 0.3 is 0 Å². The molecule has 1 aromatic heterocycles. The molecule has 92 valence electrons. The first-order valence-electron chi connectivity index (χ1n) is 5.27. The van der Waals surface area contributed by atoms with Crippen LogP contribution in [0.3, 0.4) is 0 Å². The molecule has 4 nitrogen and oxygen atoms in total. The topological polar surface area (TPSA) is 51.2 Å². The van der Waals surface area contributed by atoms with Crippen LogP contribution in [0.1, 0.15) is 10.5 Å². The van der Waals surface area contributed by atoms with Gasteiger partial charge in [-0.2, -0.15) is 0 Å². The van der Waals surface area contributed by atoms with Gasteiger partial charge in [0.25, 0.3) is 5.91 Å². The number of para-hydroxylation sites is 2. The highest BCUT2D eigenvalue weighted by atomic mass is 79.9. The maximum atomic E-state index is 12.0. The molecule has 2 rings (SSSR count). The number of methoxy groups -OCH3 is 1. The number of aromatic nitrogens is 1. The van der Waals surface area contributed by atoms with Gasteiger partial charge in [-0.25, -0.2) is 4.98 Å². The standard InChI is InChI=1S/C13H11BrN2O2/c1-18-11-7-3-2-6-10(11)16-13(17)12-9(14)5-4-8-15-12/h2-8H,1H3,(H,16,17). The summed E-state index contributed by atoms with van der Waals surface area (Å²) in [6.07, 6.45) is 1.57. The maximum Gasteiger partial charge on any atom is 0.275 e. The Kier molecular flexibility index (Phi) is 3.94. The summed E-state index contributed by atoms with van der Waals surface area (Å²) < 4.78 is 5.82. The number of carbonyl (C=O) groups is 1. The van der Waals surface area contributed by atoms with Crippen LogP contribution in [0.15, 0.2) is 47.1 Å². The Morgan fingerprint density at radius 2 is 2.06 bits per heavy atom. The van der Waals surface area contributed by atoms with E-state index in [2.05, 4.69) is 26.2 Å². The number of rotatable bonds is 3. The van der Waals surface area contributed by atoms with Crippen molar-refractivity contribution >= 4 is 27.5 Å². The zero-order valence-electron chi connectivity index (χ0n) is 9.68. The number of pyridine rings is 1. The molecule has 0 unspecified atom stereocenters. The monoisotopic (exact) mass is 306 g/mol. The Morgan fingerprint density at radius 3 is 2.78 bits per heavy atom. The molecule has 1 amide bonds. The number of amides is 1. The van der Waals surface area contributed by atoms with Crippen LogP contribution in [0.25, 0.3) is 0 Å². The Labute approximate surface area is 113 Å². The molecule has 0 saturated heterocycles. The van der Waals surface area contributed by atoms with E-state index in [1.54, 1.807) is 37.6 Å². The van der Waals surface area contributed by atoms with Crippen molar-refractivity contribution < 1.29 is 9.53 Å². The first kappa shape index (κ1) is 12.6. The molecule has 5 heteroatoms. The number of carbonyl (C=O) groups excluding carboxylic acids is 1. The van der Waals surface area contributed by atoms with Crippen LogP contribution in [-0.4, -0.2) is 18.0 Å². The molecule has 0 radical (unpaired) electrons. The summed E-state index contributed by atoms with van der Waals surface area (Å²) in [5.74, 6) is 0.324. The summed E-state index contributed by atoms with van der Waals surface area (Å²) >= 11 is 3.29. The van der Waals surface area contributed by atoms with Gasteiger partial charge in [0.05, 0.1) is 12.8 Å². The van der Waals surface area contributed by atoms with E-state index in [4.69, 9.17) is 4.74 Å². The summed E-state index contributed by atoms with van der Waals surface area (Å²) in [5, 5.41) is 2.76. The number of halogens is 1. The summed E-state index contributed by atoms with van der Waals surface area (Å²) in [4.78, 5) is 16.1. The predicted molar refractivity (Wildman–Crippen MR) is 72.9 cm³/mol. The molecule has 0 bridgehead atoms. The lowest BCUT2D eigenvalue weighted by Crippen LogP contribution is -2.14. The Hall–Kier alpha value is -1.88. The van der Waals surface area contributed by atoms with Gasteiger partial charge < -0.3 is 10.1 Å². The first-order chi connectivity index (χ1) is 8.72. The molecule has 1 N–H and O–H groups in total. The summed E-state index contributed by atoms with van der Waals surface area (Å²) in [6, 6.07) is 10.7. The number of ether oxygens (including phenoxy) is 1. The molecule has 1 aromatic carbocycles. The van der Waals surface area contributed by atoms with Crippen molar-refractivity contribution in [1.82, 2.24) is 4.98 Å². The average Bonchev–Trinajstić information content (AvgIpc) is 2.39. The molecule has 1 heterocycles. The molecule has 18 heavy (non-hydrogen) atoms. The van der Waals surface area contributed by atoms with E-state index in [-0.39, 0.29) is 5.91 Å².